The van der Waals surface area contributed by atoms with Crippen LogP contribution in [0, 0.1) is 0 Å². The molecule has 3 rings (SSSR count). The van der Waals surface area contributed by atoms with E-state index in [0.717, 1.165) is 36.2 Å². The molecule has 0 radical (unpaired) electrons. The molecule has 0 atom stereocenters. The number of rotatable bonds is 5. The van der Waals surface area contributed by atoms with Gasteiger partial charge in [-0.15, -0.1) is 11.3 Å². The van der Waals surface area contributed by atoms with Crippen molar-refractivity contribution in [2.24, 2.45) is 0 Å². The van der Waals surface area contributed by atoms with Crippen molar-refractivity contribution in [1.29, 1.82) is 0 Å². The summed E-state index contributed by atoms with van der Waals surface area (Å²) in [5, 5.41) is 3.04. The van der Waals surface area contributed by atoms with Crippen LogP contribution in [0.3, 0.4) is 0 Å². The van der Waals surface area contributed by atoms with Crippen LogP contribution in [0.15, 0.2) is 35.4 Å². The SMILES string of the molecule is O=S(=O)(c1ccc(NCc2cnc(Cl)s2)cc1)C1CCCC1. The van der Waals surface area contributed by atoms with E-state index in [1.165, 1.54) is 11.3 Å². The fourth-order valence-electron chi connectivity index (χ4n) is 2.71. The van der Waals surface area contributed by atoms with Crippen molar-refractivity contribution in [2.45, 2.75) is 42.4 Å². The molecule has 7 heteroatoms. The van der Waals surface area contributed by atoms with Crippen LogP contribution in [0.4, 0.5) is 5.69 Å². The Balaban J connectivity index is 1.67. The van der Waals surface area contributed by atoms with Crippen molar-refractivity contribution in [1.82, 2.24) is 4.98 Å². The van der Waals surface area contributed by atoms with Crippen molar-refractivity contribution in [3.05, 3.63) is 39.8 Å². The molecule has 1 N–H and O–H groups in total. The van der Waals surface area contributed by atoms with Crippen LogP contribution in [-0.2, 0) is 16.4 Å². The highest BCUT2D eigenvalue weighted by atomic mass is 35.5. The maximum atomic E-state index is 12.5. The molecule has 1 aliphatic rings. The molecule has 0 saturated heterocycles. The van der Waals surface area contributed by atoms with Gasteiger partial charge in [0.15, 0.2) is 14.3 Å². The zero-order valence-corrected chi connectivity index (χ0v) is 14.3. The summed E-state index contributed by atoms with van der Waals surface area (Å²) in [6.07, 6.45) is 5.34. The van der Waals surface area contributed by atoms with Gasteiger partial charge in [-0.1, -0.05) is 24.4 Å². The first-order chi connectivity index (χ1) is 10.6. The fraction of sp³-hybridized carbons (Fsp3) is 0.400. The van der Waals surface area contributed by atoms with Gasteiger partial charge in [0, 0.05) is 16.8 Å². The van der Waals surface area contributed by atoms with E-state index in [-0.39, 0.29) is 5.25 Å². The summed E-state index contributed by atoms with van der Waals surface area (Å²) < 4.78 is 25.5. The third-order valence-electron chi connectivity index (χ3n) is 3.92. The van der Waals surface area contributed by atoms with Gasteiger partial charge < -0.3 is 5.32 Å². The molecule has 0 amide bonds. The molecule has 0 aliphatic heterocycles. The van der Waals surface area contributed by atoms with E-state index in [1.54, 1.807) is 18.3 Å². The van der Waals surface area contributed by atoms with Gasteiger partial charge in [0.25, 0.3) is 0 Å². The topological polar surface area (TPSA) is 59.1 Å². The van der Waals surface area contributed by atoms with Gasteiger partial charge in [0.2, 0.25) is 0 Å². The minimum Gasteiger partial charge on any atom is -0.380 e. The normalized spacial score (nSPS) is 16.0. The number of sulfone groups is 1. The molecule has 1 aromatic carbocycles. The van der Waals surface area contributed by atoms with Gasteiger partial charge in [0.05, 0.1) is 16.7 Å². The molecular weight excluding hydrogens is 340 g/mol. The van der Waals surface area contributed by atoms with Crippen LogP contribution in [0.25, 0.3) is 0 Å². The van der Waals surface area contributed by atoms with Crippen molar-refractivity contribution in [3.63, 3.8) is 0 Å². The fourth-order valence-corrected chi connectivity index (χ4v) is 5.48. The van der Waals surface area contributed by atoms with Crippen LogP contribution in [0.2, 0.25) is 4.47 Å². The number of nitrogens with zero attached hydrogens (tertiary/aromatic N) is 1. The molecule has 0 spiro atoms. The van der Waals surface area contributed by atoms with Gasteiger partial charge in [-0.3, -0.25) is 0 Å². The third kappa shape index (κ3) is 3.45. The van der Waals surface area contributed by atoms with Crippen LogP contribution < -0.4 is 5.32 Å². The monoisotopic (exact) mass is 356 g/mol. The molecular formula is C15H17ClN2O2S2. The molecule has 118 valence electrons. The average molecular weight is 357 g/mol. The lowest BCUT2D eigenvalue weighted by Crippen LogP contribution is -2.17. The zero-order valence-electron chi connectivity index (χ0n) is 12.0. The molecule has 1 heterocycles. The Morgan fingerprint density at radius 2 is 1.91 bits per heavy atom. The number of aromatic nitrogens is 1. The highest BCUT2D eigenvalue weighted by Gasteiger charge is 2.29. The number of nitrogens with one attached hydrogen (secondary N) is 1. The second-order valence-electron chi connectivity index (χ2n) is 5.41. The number of anilines is 1. The van der Waals surface area contributed by atoms with Crippen molar-refractivity contribution < 1.29 is 8.42 Å². The molecule has 1 saturated carbocycles. The first-order valence-electron chi connectivity index (χ1n) is 7.24. The van der Waals surface area contributed by atoms with E-state index >= 15 is 0 Å². The van der Waals surface area contributed by atoms with Crippen molar-refractivity contribution in [2.75, 3.05) is 5.32 Å². The van der Waals surface area contributed by atoms with Crippen LogP contribution >= 0.6 is 22.9 Å². The van der Waals surface area contributed by atoms with Crippen LogP contribution in [0.5, 0.6) is 0 Å². The second kappa shape index (κ2) is 6.56. The lowest BCUT2D eigenvalue weighted by molar-refractivity contribution is 0.579. The minimum absolute atomic E-state index is 0.203. The maximum Gasteiger partial charge on any atom is 0.183 e. The molecule has 22 heavy (non-hydrogen) atoms. The van der Waals surface area contributed by atoms with Gasteiger partial charge in [-0.25, -0.2) is 13.4 Å². The highest BCUT2D eigenvalue weighted by molar-refractivity contribution is 7.92. The van der Waals surface area contributed by atoms with E-state index in [1.807, 2.05) is 12.1 Å². The standard InChI is InChI=1S/C15H17ClN2O2S2/c16-15-18-10-12(21-15)9-17-11-5-7-14(8-6-11)22(19,20)13-3-1-2-4-13/h5-8,10,13,17H,1-4,9H2. The predicted molar refractivity (Wildman–Crippen MR) is 90.3 cm³/mol. The lowest BCUT2D eigenvalue weighted by Gasteiger charge is -2.12. The lowest BCUT2D eigenvalue weighted by atomic mass is 10.3. The smallest absolute Gasteiger partial charge is 0.183 e. The van der Waals surface area contributed by atoms with E-state index in [0.29, 0.717) is 15.9 Å². The summed E-state index contributed by atoms with van der Waals surface area (Å²) in [7, 11) is -3.17. The van der Waals surface area contributed by atoms with E-state index < -0.39 is 9.84 Å². The molecule has 2 aromatic rings. The summed E-state index contributed by atoms with van der Waals surface area (Å²) >= 11 is 7.22. The highest BCUT2D eigenvalue weighted by Crippen LogP contribution is 2.30. The number of hydrogen-bond donors (Lipinski definition) is 1. The Hall–Kier alpha value is -1.11. The average Bonchev–Trinajstić information content (AvgIpc) is 3.17. The first kappa shape index (κ1) is 15.8. The van der Waals surface area contributed by atoms with E-state index in [9.17, 15) is 8.42 Å². The van der Waals surface area contributed by atoms with Crippen LogP contribution in [0.1, 0.15) is 30.6 Å². The van der Waals surface area contributed by atoms with E-state index in [4.69, 9.17) is 11.6 Å². The van der Waals surface area contributed by atoms with Gasteiger partial charge >= 0.3 is 0 Å². The maximum absolute atomic E-state index is 12.5. The molecule has 1 aliphatic carbocycles. The summed E-state index contributed by atoms with van der Waals surface area (Å²) in [6.45, 7) is 0.624. The first-order valence-corrected chi connectivity index (χ1v) is 9.98. The van der Waals surface area contributed by atoms with Crippen molar-refractivity contribution in [3.8, 4) is 0 Å². The second-order valence-corrected chi connectivity index (χ2v) is 9.33. The Morgan fingerprint density at radius 1 is 1.23 bits per heavy atom. The van der Waals surface area contributed by atoms with Crippen LogP contribution in [-0.4, -0.2) is 18.7 Å². The van der Waals surface area contributed by atoms with Gasteiger partial charge in [-0.05, 0) is 37.1 Å². The Kier molecular flexibility index (Phi) is 4.70. The Labute approximate surface area is 139 Å². The molecule has 0 bridgehead atoms. The number of thiazole rings is 1. The Bertz CT molecular complexity index is 735. The number of halogens is 1. The number of hydrogen-bond acceptors (Lipinski definition) is 5. The molecule has 1 fully saturated rings. The molecule has 0 unspecified atom stereocenters. The summed E-state index contributed by atoms with van der Waals surface area (Å²) in [5.41, 5.74) is 0.884. The largest absolute Gasteiger partial charge is 0.380 e. The third-order valence-corrected chi connectivity index (χ3v) is 7.31. The molecule has 1 aromatic heterocycles. The summed E-state index contributed by atoms with van der Waals surface area (Å²) in [6, 6.07) is 7.00. The van der Waals surface area contributed by atoms with Crippen molar-refractivity contribution >= 4 is 38.5 Å². The zero-order chi connectivity index (χ0) is 15.6. The Morgan fingerprint density at radius 3 is 2.50 bits per heavy atom. The summed E-state index contributed by atoms with van der Waals surface area (Å²) in [4.78, 5) is 5.44. The predicted octanol–water partition coefficient (Wildman–Crippen LogP) is 4.12. The minimum atomic E-state index is -3.17. The van der Waals surface area contributed by atoms with Gasteiger partial charge in [-0.2, -0.15) is 0 Å². The quantitative estimate of drug-likeness (QED) is 0.875. The molecule has 4 nitrogen and oxygen atoms in total. The van der Waals surface area contributed by atoms with Gasteiger partial charge in [0.1, 0.15) is 0 Å². The number of benzene rings is 1. The van der Waals surface area contributed by atoms with E-state index in [2.05, 4.69) is 10.3 Å². The summed E-state index contributed by atoms with van der Waals surface area (Å²) in [5.74, 6) is 0.